The van der Waals surface area contributed by atoms with Gasteiger partial charge in [-0.25, -0.2) is 9.78 Å². The number of carbonyl (C=O) groups is 1. The number of aromatic nitrogens is 2. The highest BCUT2D eigenvalue weighted by Crippen LogP contribution is 2.34. The van der Waals surface area contributed by atoms with Gasteiger partial charge in [-0.15, -0.1) is 0 Å². The molecule has 2 aromatic rings. The van der Waals surface area contributed by atoms with Gasteiger partial charge in [-0.05, 0) is 26.0 Å². The van der Waals surface area contributed by atoms with Crippen LogP contribution < -0.4 is 0 Å². The maximum atomic E-state index is 11.6. The van der Waals surface area contributed by atoms with Gasteiger partial charge < -0.3 is 9.67 Å². The maximum absolute atomic E-state index is 11.6. The van der Waals surface area contributed by atoms with Gasteiger partial charge in [-0.3, -0.25) is 0 Å². The zero-order valence-electron chi connectivity index (χ0n) is 11.7. The first-order valence-corrected chi connectivity index (χ1v) is 7.03. The number of hydrogen-bond acceptors (Lipinski definition) is 2. The highest BCUT2D eigenvalue weighted by molar-refractivity contribution is 6.42. The third-order valence-electron chi connectivity index (χ3n) is 3.32. The average molecular weight is 315 g/mol. The van der Waals surface area contributed by atoms with E-state index in [1.165, 1.54) is 0 Å². The quantitative estimate of drug-likeness (QED) is 0.919. The fourth-order valence-corrected chi connectivity index (χ4v) is 2.48. The highest BCUT2D eigenvalue weighted by atomic mass is 35.5. The summed E-state index contributed by atoms with van der Waals surface area (Å²) in [7, 11) is 0. The molecule has 0 aliphatic carbocycles. The zero-order valence-corrected chi connectivity index (χ0v) is 13.2. The molecule has 0 saturated carbocycles. The molecule has 1 N–H and O–H groups in total. The molecule has 20 heavy (non-hydrogen) atoms. The molecule has 108 valence electrons. The van der Waals surface area contributed by atoms with Crippen molar-refractivity contribution in [1.29, 1.82) is 0 Å². The normalized spacial score (nSPS) is 12.3. The number of hydrogen-bond donors (Lipinski definition) is 1. The third-order valence-corrected chi connectivity index (χ3v) is 4.04. The predicted molar refractivity (Wildman–Crippen MR) is 80.8 cm³/mol. The van der Waals surface area contributed by atoms with Gasteiger partial charge in [0.25, 0.3) is 0 Å². The molecule has 0 saturated heterocycles. The molecule has 0 unspecified atom stereocenters. The minimum atomic E-state index is -1.12. The van der Waals surface area contributed by atoms with Gasteiger partial charge in [0.15, 0.2) is 0 Å². The lowest BCUT2D eigenvalue weighted by Gasteiger charge is -2.26. The first-order valence-electron chi connectivity index (χ1n) is 6.27. The van der Waals surface area contributed by atoms with Gasteiger partial charge in [-0.1, -0.05) is 37.0 Å². The van der Waals surface area contributed by atoms with Gasteiger partial charge >= 0.3 is 5.97 Å². The molecule has 0 spiro atoms. The van der Waals surface area contributed by atoms with E-state index in [9.17, 15) is 9.90 Å². The Hall–Kier alpha value is -1.26. The number of rotatable bonds is 3. The Morgan fingerprint density at radius 2 is 1.85 bits per heavy atom. The molecular weight excluding hydrogens is 299 g/mol. The Bertz CT molecular complexity index is 690. The predicted octanol–water partition coefficient (Wildman–Crippen LogP) is 4.29. The molecule has 0 fully saturated rings. The number of carboxylic acid groups (broad SMARTS) is 1. The number of nitrogens with zero attached hydrogens (tertiary/aromatic N) is 2. The number of aliphatic carboxylic acids is 1. The van der Waals surface area contributed by atoms with E-state index in [1.54, 1.807) is 30.5 Å². The molecule has 0 bridgehead atoms. The van der Waals surface area contributed by atoms with Gasteiger partial charge in [0.1, 0.15) is 11.4 Å². The first kappa shape index (κ1) is 15.1. The first-order chi connectivity index (χ1) is 9.16. The van der Waals surface area contributed by atoms with E-state index >= 15 is 0 Å². The van der Waals surface area contributed by atoms with Crippen LogP contribution in [0.1, 0.15) is 39.4 Å². The standard InChI is InChI=1S/C14H16Cl2N2O2/c1-7(2)12-17-10-5-8(15)9(16)6-11(10)18(12)14(3,4)13(19)20/h5-7H,1-4H3,(H,19,20). The summed E-state index contributed by atoms with van der Waals surface area (Å²) in [6.45, 7) is 7.23. The molecule has 4 nitrogen and oxygen atoms in total. The molecule has 1 aromatic heterocycles. The molecular formula is C14H16Cl2N2O2. The average Bonchev–Trinajstić information content (AvgIpc) is 2.68. The second-order valence-corrected chi connectivity index (χ2v) is 6.39. The topological polar surface area (TPSA) is 55.1 Å². The summed E-state index contributed by atoms with van der Waals surface area (Å²) in [5, 5.41) is 10.3. The lowest BCUT2D eigenvalue weighted by molar-refractivity contribution is -0.145. The van der Waals surface area contributed by atoms with E-state index in [-0.39, 0.29) is 5.92 Å². The van der Waals surface area contributed by atoms with Crippen LogP contribution in [-0.2, 0) is 10.3 Å². The van der Waals surface area contributed by atoms with Crippen molar-refractivity contribution in [3.05, 3.63) is 28.0 Å². The monoisotopic (exact) mass is 314 g/mol. The third kappa shape index (κ3) is 2.27. The minimum Gasteiger partial charge on any atom is -0.480 e. The van der Waals surface area contributed by atoms with Gasteiger partial charge in [0.2, 0.25) is 0 Å². The zero-order chi connectivity index (χ0) is 15.2. The lowest BCUT2D eigenvalue weighted by Crippen LogP contribution is -2.37. The van der Waals surface area contributed by atoms with Crippen LogP contribution in [0.3, 0.4) is 0 Å². The summed E-state index contributed by atoms with van der Waals surface area (Å²) in [6.07, 6.45) is 0. The van der Waals surface area contributed by atoms with Crippen molar-refractivity contribution in [3.63, 3.8) is 0 Å². The number of fused-ring (bicyclic) bond motifs is 1. The van der Waals surface area contributed by atoms with Crippen molar-refractivity contribution in [1.82, 2.24) is 9.55 Å². The lowest BCUT2D eigenvalue weighted by atomic mass is 10.0. The van der Waals surface area contributed by atoms with E-state index in [1.807, 2.05) is 13.8 Å². The SMILES string of the molecule is CC(C)c1nc2cc(Cl)c(Cl)cc2n1C(C)(C)C(=O)O. The number of carboxylic acids is 1. The van der Waals surface area contributed by atoms with Crippen molar-refractivity contribution in [2.45, 2.75) is 39.2 Å². The summed E-state index contributed by atoms with van der Waals surface area (Å²) < 4.78 is 1.72. The Kier molecular flexibility index (Phi) is 3.73. The van der Waals surface area contributed by atoms with Gasteiger partial charge in [0.05, 0.1) is 21.1 Å². The molecule has 0 aliphatic rings. The van der Waals surface area contributed by atoms with Crippen LogP contribution in [-0.4, -0.2) is 20.6 Å². The van der Waals surface area contributed by atoms with E-state index in [0.29, 0.717) is 26.9 Å². The fraction of sp³-hybridized carbons (Fsp3) is 0.429. The summed E-state index contributed by atoms with van der Waals surface area (Å²) in [5.74, 6) is -0.144. The smallest absolute Gasteiger partial charge is 0.329 e. The van der Waals surface area contributed by atoms with Crippen molar-refractivity contribution in [2.24, 2.45) is 0 Å². The molecule has 0 aliphatic heterocycles. The van der Waals surface area contributed by atoms with Crippen LogP contribution in [0.4, 0.5) is 0 Å². The number of benzene rings is 1. The van der Waals surface area contributed by atoms with E-state index in [0.717, 1.165) is 0 Å². The number of halogens is 2. The summed E-state index contributed by atoms with van der Waals surface area (Å²) >= 11 is 12.1. The Morgan fingerprint density at radius 1 is 1.30 bits per heavy atom. The van der Waals surface area contributed by atoms with E-state index in [4.69, 9.17) is 23.2 Å². The molecule has 0 radical (unpaired) electrons. The minimum absolute atomic E-state index is 0.0820. The van der Waals surface area contributed by atoms with Crippen LogP contribution >= 0.6 is 23.2 Å². The highest BCUT2D eigenvalue weighted by Gasteiger charge is 2.34. The fourth-order valence-electron chi connectivity index (χ4n) is 2.16. The van der Waals surface area contributed by atoms with Crippen LogP contribution in [0.5, 0.6) is 0 Å². The van der Waals surface area contributed by atoms with Crippen LogP contribution in [0, 0.1) is 0 Å². The van der Waals surface area contributed by atoms with Gasteiger partial charge in [-0.2, -0.15) is 0 Å². The maximum Gasteiger partial charge on any atom is 0.329 e. The van der Waals surface area contributed by atoms with Crippen LogP contribution in [0.15, 0.2) is 12.1 Å². The Balaban J connectivity index is 2.89. The Morgan fingerprint density at radius 3 is 2.35 bits per heavy atom. The van der Waals surface area contributed by atoms with Crippen molar-refractivity contribution >= 4 is 40.2 Å². The molecule has 1 aromatic carbocycles. The van der Waals surface area contributed by atoms with E-state index in [2.05, 4.69) is 4.98 Å². The summed E-state index contributed by atoms with van der Waals surface area (Å²) in [4.78, 5) is 16.1. The molecule has 2 rings (SSSR count). The van der Waals surface area contributed by atoms with E-state index < -0.39 is 11.5 Å². The second kappa shape index (κ2) is 4.93. The summed E-state index contributed by atoms with van der Waals surface area (Å²) in [6, 6.07) is 3.34. The molecule has 6 heteroatoms. The molecule has 0 atom stereocenters. The Labute approximate surface area is 127 Å². The molecule has 1 heterocycles. The van der Waals surface area contributed by atoms with Crippen molar-refractivity contribution in [2.75, 3.05) is 0 Å². The largest absolute Gasteiger partial charge is 0.480 e. The second-order valence-electron chi connectivity index (χ2n) is 5.58. The van der Waals surface area contributed by atoms with Crippen molar-refractivity contribution in [3.8, 4) is 0 Å². The van der Waals surface area contributed by atoms with Gasteiger partial charge in [0, 0.05) is 5.92 Å². The van der Waals surface area contributed by atoms with Crippen LogP contribution in [0.25, 0.3) is 11.0 Å². The number of imidazole rings is 1. The molecule has 0 amide bonds. The van der Waals surface area contributed by atoms with Crippen molar-refractivity contribution < 1.29 is 9.90 Å². The van der Waals surface area contributed by atoms with Crippen LogP contribution in [0.2, 0.25) is 10.0 Å². The summed E-state index contributed by atoms with van der Waals surface area (Å²) in [5.41, 5.74) is 0.207.